The van der Waals surface area contributed by atoms with E-state index in [0.29, 0.717) is 13.0 Å². The van der Waals surface area contributed by atoms with Crippen molar-refractivity contribution in [1.82, 2.24) is 9.47 Å². The normalized spacial score (nSPS) is 19.3. The van der Waals surface area contributed by atoms with Crippen LogP contribution >= 0.6 is 11.6 Å². The van der Waals surface area contributed by atoms with Crippen molar-refractivity contribution in [3.8, 4) is 0 Å². The molecule has 3 amide bonds. The first-order chi connectivity index (χ1) is 18.2. The molecule has 5 rings (SSSR count). The minimum Gasteiger partial charge on any atom is -0.436 e. The number of anilines is 1. The topological polar surface area (TPSA) is 124 Å². The largest absolute Gasteiger partial charge is 0.436 e. The molecule has 38 heavy (non-hydrogen) atoms. The summed E-state index contributed by atoms with van der Waals surface area (Å²) in [6.07, 6.45) is 1.33. The van der Waals surface area contributed by atoms with E-state index in [1.807, 2.05) is 30.3 Å². The number of carbonyl (C=O) groups is 3. The molecule has 0 unspecified atom stereocenters. The number of nitrogens with two attached hydrogens (primary N) is 1. The first kappa shape index (κ1) is 25.5. The van der Waals surface area contributed by atoms with Gasteiger partial charge < -0.3 is 19.9 Å². The van der Waals surface area contributed by atoms with Crippen LogP contribution in [0.15, 0.2) is 65.6 Å². The maximum atomic E-state index is 15.3. The molecule has 11 heteroatoms. The SMILES string of the molecule is NC(=O)c1ccc(=O)n([C@@H](Cc2ccccc2)C(=O)N2CCC[C@@]3(C2)OC(=O)Nc2ccc(Cl)c(F)c23)c1. The summed E-state index contributed by atoms with van der Waals surface area (Å²) in [5, 5.41) is 2.36. The second-order valence-corrected chi connectivity index (χ2v) is 9.80. The van der Waals surface area contributed by atoms with Gasteiger partial charge in [-0.1, -0.05) is 41.9 Å². The van der Waals surface area contributed by atoms with E-state index in [-0.39, 0.29) is 41.2 Å². The number of piperidine rings is 1. The van der Waals surface area contributed by atoms with E-state index in [0.717, 1.165) is 5.56 Å². The van der Waals surface area contributed by atoms with E-state index in [1.54, 1.807) is 0 Å². The van der Waals surface area contributed by atoms with Crippen molar-refractivity contribution in [2.45, 2.75) is 30.9 Å². The number of pyridine rings is 1. The lowest BCUT2D eigenvalue weighted by Gasteiger charge is -2.45. The lowest BCUT2D eigenvalue weighted by molar-refractivity contribution is -0.143. The molecule has 0 saturated carbocycles. The molecule has 1 aromatic heterocycles. The smallest absolute Gasteiger partial charge is 0.412 e. The number of aromatic nitrogens is 1. The van der Waals surface area contributed by atoms with Gasteiger partial charge in [0.1, 0.15) is 6.04 Å². The van der Waals surface area contributed by atoms with Gasteiger partial charge in [-0.15, -0.1) is 0 Å². The maximum absolute atomic E-state index is 15.3. The zero-order valence-corrected chi connectivity index (χ0v) is 20.9. The van der Waals surface area contributed by atoms with Crippen LogP contribution in [0.5, 0.6) is 0 Å². The molecule has 3 aromatic rings. The van der Waals surface area contributed by atoms with Crippen LogP contribution in [-0.4, -0.2) is 40.5 Å². The Morgan fingerprint density at radius 2 is 1.89 bits per heavy atom. The van der Waals surface area contributed by atoms with Crippen molar-refractivity contribution in [3.63, 3.8) is 0 Å². The Morgan fingerprint density at radius 3 is 2.63 bits per heavy atom. The number of halogens is 2. The third kappa shape index (κ3) is 4.63. The summed E-state index contributed by atoms with van der Waals surface area (Å²) in [6.45, 7) is 0.150. The molecule has 0 radical (unpaired) electrons. The Labute approximate surface area is 221 Å². The number of carbonyl (C=O) groups excluding carboxylic acids is 3. The summed E-state index contributed by atoms with van der Waals surface area (Å²) in [5.74, 6) is -1.92. The van der Waals surface area contributed by atoms with Crippen molar-refractivity contribution in [3.05, 3.63) is 98.7 Å². The third-order valence-electron chi connectivity index (χ3n) is 6.96. The Balaban J connectivity index is 1.56. The van der Waals surface area contributed by atoms with Gasteiger partial charge in [-0.3, -0.25) is 19.7 Å². The van der Waals surface area contributed by atoms with Crippen LogP contribution in [0.2, 0.25) is 5.02 Å². The second kappa shape index (κ2) is 9.94. The lowest BCUT2D eigenvalue weighted by Crippen LogP contribution is -2.55. The van der Waals surface area contributed by atoms with Crippen LogP contribution in [-0.2, 0) is 21.6 Å². The average Bonchev–Trinajstić information content (AvgIpc) is 2.89. The third-order valence-corrected chi connectivity index (χ3v) is 7.25. The number of rotatable bonds is 5. The van der Waals surface area contributed by atoms with Gasteiger partial charge in [0.25, 0.3) is 5.56 Å². The maximum Gasteiger partial charge on any atom is 0.412 e. The fraction of sp³-hybridized carbons (Fsp3) is 0.259. The molecule has 3 N–H and O–H groups in total. The number of nitrogens with one attached hydrogen (secondary N) is 1. The van der Waals surface area contributed by atoms with Crippen molar-refractivity contribution < 1.29 is 23.5 Å². The molecular weight excluding hydrogens is 515 g/mol. The second-order valence-electron chi connectivity index (χ2n) is 9.39. The predicted octanol–water partition coefficient (Wildman–Crippen LogP) is 3.60. The Morgan fingerprint density at radius 1 is 1.13 bits per heavy atom. The number of primary amides is 1. The number of nitrogens with zero attached hydrogens (tertiary/aromatic N) is 2. The molecule has 0 bridgehead atoms. The highest BCUT2D eigenvalue weighted by Gasteiger charge is 2.49. The molecule has 2 atom stereocenters. The van der Waals surface area contributed by atoms with Gasteiger partial charge in [0, 0.05) is 25.2 Å². The number of likely N-dealkylation sites (tertiary alicyclic amines) is 1. The highest BCUT2D eigenvalue weighted by Crippen LogP contribution is 2.45. The van der Waals surface area contributed by atoms with Crippen LogP contribution in [0.4, 0.5) is 14.9 Å². The molecule has 9 nitrogen and oxygen atoms in total. The summed E-state index contributed by atoms with van der Waals surface area (Å²) in [7, 11) is 0. The van der Waals surface area contributed by atoms with Gasteiger partial charge in [0.15, 0.2) is 11.4 Å². The van der Waals surface area contributed by atoms with E-state index in [1.165, 1.54) is 39.9 Å². The van der Waals surface area contributed by atoms with Crippen molar-refractivity contribution in [2.24, 2.45) is 5.73 Å². The number of hydrogen-bond acceptors (Lipinski definition) is 5. The number of fused-ring (bicyclic) bond motifs is 2. The van der Waals surface area contributed by atoms with Crippen LogP contribution in [0.1, 0.15) is 40.4 Å². The summed E-state index contributed by atoms with van der Waals surface area (Å²) in [5.41, 5.74) is 4.64. The fourth-order valence-electron chi connectivity index (χ4n) is 5.21. The van der Waals surface area contributed by atoms with Gasteiger partial charge in [-0.2, -0.15) is 0 Å². The van der Waals surface area contributed by atoms with Gasteiger partial charge in [-0.05, 0) is 36.6 Å². The minimum absolute atomic E-state index is 0.0727. The molecule has 2 aromatic carbocycles. The van der Waals surface area contributed by atoms with Crippen molar-refractivity contribution >= 4 is 35.2 Å². The summed E-state index contributed by atoms with van der Waals surface area (Å²) >= 11 is 6.06. The molecule has 3 heterocycles. The van der Waals surface area contributed by atoms with Gasteiger partial charge in [-0.25, -0.2) is 9.18 Å². The van der Waals surface area contributed by atoms with Crippen LogP contribution in [0, 0.1) is 5.82 Å². The van der Waals surface area contributed by atoms with Crippen LogP contribution in [0.25, 0.3) is 0 Å². The van der Waals surface area contributed by atoms with Crippen LogP contribution in [0.3, 0.4) is 0 Å². The molecule has 1 saturated heterocycles. The first-order valence-corrected chi connectivity index (χ1v) is 12.4. The van der Waals surface area contributed by atoms with E-state index in [2.05, 4.69) is 5.32 Å². The monoisotopic (exact) mass is 538 g/mol. The predicted molar refractivity (Wildman–Crippen MR) is 137 cm³/mol. The minimum atomic E-state index is -1.46. The van der Waals surface area contributed by atoms with Gasteiger partial charge >= 0.3 is 6.09 Å². The summed E-state index contributed by atoms with van der Waals surface area (Å²) < 4.78 is 22.2. The molecule has 2 aliphatic rings. The number of hydrogen-bond donors (Lipinski definition) is 2. The first-order valence-electron chi connectivity index (χ1n) is 12.0. The molecule has 0 aliphatic carbocycles. The van der Waals surface area contributed by atoms with Crippen molar-refractivity contribution in [2.75, 3.05) is 18.4 Å². The number of amides is 3. The van der Waals surface area contributed by atoms with E-state index in [4.69, 9.17) is 22.1 Å². The molecular formula is C27H24ClFN4O5. The highest BCUT2D eigenvalue weighted by atomic mass is 35.5. The lowest BCUT2D eigenvalue weighted by atomic mass is 9.82. The van der Waals surface area contributed by atoms with E-state index >= 15 is 4.39 Å². The number of benzene rings is 2. The zero-order chi connectivity index (χ0) is 27.0. The van der Waals surface area contributed by atoms with Gasteiger partial charge in [0.05, 0.1) is 28.4 Å². The standard InChI is InChI=1S/C27H24ClFN4O5/c28-18-8-9-19-22(23(18)29)27(38-26(37)31-19)11-4-12-32(15-27)25(36)20(13-16-5-2-1-3-6-16)33-14-17(24(30)35)7-10-21(33)34/h1-3,5-10,14,20H,4,11-13,15H2,(H2,30,35)(H,31,37)/t20-,27-/m0/s1. The summed E-state index contributed by atoms with van der Waals surface area (Å²) in [4.78, 5) is 52.7. The van der Waals surface area contributed by atoms with E-state index in [9.17, 15) is 19.2 Å². The Hall–Kier alpha value is -4.18. The molecule has 1 fully saturated rings. The fourth-order valence-corrected chi connectivity index (χ4v) is 5.36. The van der Waals surface area contributed by atoms with Gasteiger partial charge in [0.2, 0.25) is 11.8 Å². The van der Waals surface area contributed by atoms with Crippen molar-refractivity contribution in [1.29, 1.82) is 0 Å². The molecule has 196 valence electrons. The molecule has 1 spiro atoms. The Bertz CT molecular complexity index is 1490. The molecule has 2 aliphatic heterocycles. The highest BCUT2D eigenvalue weighted by molar-refractivity contribution is 6.31. The van der Waals surface area contributed by atoms with E-state index < -0.39 is 40.9 Å². The summed E-state index contributed by atoms with van der Waals surface area (Å²) in [6, 6.07) is 13.4. The quantitative estimate of drug-likeness (QED) is 0.513. The van der Waals surface area contributed by atoms with Crippen LogP contribution < -0.4 is 16.6 Å². The average molecular weight is 539 g/mol. The zero-order valence-electron chi connectivity index (χ0n) is 20.2. The number of ether oxygens (including phenoxy) is 1. The Kier molecular flexibility index (Phi) is 6.66.